The number of rotatable bonds is 5. The first-order valence-corrected chi connectivity index (χ1v) is 17.8. The second kappa shape index (κ2) is 13.5. The maximum absolute atomic E-state index is 12.8. The summed E-state index contributed by atoms with van der Waals surface area (Å²) in [7, 11) is 0. The van der Waals surface area contributed by atoms with Gasteiger partial charge in [-0.2, -0.15) is 5.48 Å². The minimum atomic E-state index is 0.293. The summed E-state index contributed by atoms with van der Waals surface area (Å²) in [5, 5.41) is 2.60. The Bertz CT molecular complexity index is 848. The van der Waals surface area contributed by atoms with Gasteiger partial charge in [0.2, 0.25) is 5.91 Å². The van der Waals surface area contributed by atoms with Crippen LogP contribution < -0.4 is 10.9 Å². The molecule has 0 aromatic carbocycles. The Morgan fingerprint density at radius 2 is 1.41 bits per heavy atom. The summed E-state index contributed by atoms with van der Waals surface area (Å²) in [6.07, 6.45) is 22.4. The van der Waals surface area contributed by atoms with Gasteiger partial charge in [0.1, 0.15) is 0 Å². The molecule has 2 saturated carbocycles. The van der Waals surface area contributed by atoms with E-state index in [4.69, 9.17) is 9.57 Å². The topological polar surface area (TPSA) is 69.3 Å². The van der Waals surface area contributed by atoms with Crippen molar-refractivity contribution in [3.63, 3.8) is 0 Å². The monoisotopic (exact) mass is 571 g/mol. The third kappa shape index (κ3) is 6.39. The molecule has 7 rings (SSSR count). The van der Waals surface area contributed by atoms with E-state index >= 15 is 0 Å². The highest BCUT2D eigenvalue weighted by Gasteiger charge is 2.51. The van der Waals surface area contributed by atoms with Gasteiger partial charge in [-0.25, -0.2) is 5.01 Å². The molecular weight excluding hydrogens is 514 g/mol. The lowest BCUT2D eigenvalue weighted by atomic mass is 9.79. The highest BCUT2D eigenvalue weighted by Crippen LogP contribution is 2.40. The molecule has 5 atom stereocenters. The van der Waals surface area contributed by atoms with Crippen molar-refractivity contribution in [3.05, 3.63) is 0 Å². The van der Waals surface area contributed by atoms with Gasteiger partial charge in [-0.1, -0.05) is 57.8 Å². The van der Waals surface area contributed by atoms with Crippen molar-refractivity contribution in [1.29, 1.82) is 0 Å². The number of carbonyl (C=O) groups excluding carboxylic acids is 1. The molecule has 0 aromatic rings. The van der Waals surface area contributed by atoms with E-state index < -0.39 is 0 Å². The molecule has 2 aliphatic carbocycles. The molecule has 0 radical (unpaired) electrons. The molecule has 5 unspecified atom stereocenters. The van der Waals surface area contributed by atoms with Crippen LogP contribution in [0.3, 0.4) is 0 Å². The predicted octanol–water partition coefficient (Wildman–Crippen LogP) is 4.25. The molecule has 1 amide bonds. The smallest absolute Gasteiger partial charge is 0.225 e. The van der Waals surface area contributed by atoms with E-state index in [2.05, 4.69) is 25.7 Å². The molecule has 8 nitrogen and oxygen atoms in total. The molecule has 2 N–H and O–H groups in total. The third-order valence-corrected chi connectivity index (χ3v) is 12.3. The molecule has 0 bridgehead atoms. The second-order valence-corrected chi connectivity index (χ2v) is 14.8. The summed E-state index contributed by atoms with van der Waals surface area (Å²) in [6, 6.07) is 2.85. The Hall–Kier alpha value is -0.770. The van der Waals surface area contributed by atoms with Crippen LogP contribution in [0.25, 0.3) is 0 Å². The Labute approximate surface area is 248 Å². The van der Waals surface area contributed by atoms with Gasteiger partial charge in [-0.3, -0.25) is 20.0 Å². The number of hydrogen-bond acceptors (Lipinski definition) is 7. The van der Waals surface area contributed by atoms with Crippen molar-refractivity contribution in [1.82, 2.24) is 25.7 Å². The molecule has 41 heavy (non-hydrogen) atoms. The first-order valence-electron chi connectivity index (χ1n) is 17.8. The lowest BCUT2D eigenvalue weighted by Gasteiger charge is -2.49. The lowest BCUT2D eigenvalue weighted by molar-refractivity contribution is -0.139. The number of carbonyl (C=O) groups is 1. The molecular formula is C33H57N5O3. The van der Waals surface area contributed by atoms with E-state index in [1.807, 2.05) is 0 Å². The summed E-state index contributed by atoms with van der Waals surface area (Å²) >= 11 is 0. The van der Waals surface area contributed by atoms with E-state index in [-0.39, 0.29) is 0 Å². The Morgan fingerprint density at radius 3 is 2.05 bits per heavy atom. The number of likely N-dealkylation sites (tertiary alicyclic amines) is 2. The van der Waals surface area contributed by atoms with Crippen molar-refractivity contribution in [2.45, 2.75) is 145 Å². The van der Waals surface area contributed by atoms with Crippen LogP contribution in [0.2, 0.25) is 0 Å². The fourth-order valence-electron chi connectivity index (χ4n) is 9.34. The first-order chi connectivity index (χ1) is 20.2. The number of piperidine rings is 2. The van der Waals surface area contributed by atoms with Gasteiger partial charge in [0.15, 0.2) is 0 Å². The highest BCUT2D eigenvalue weighted by molar-refractivity contribution is 5.79. The van der Waals surface area contributed by atoms with Crippen LogP contribution in [0.15, 0.2) is 0 Å². The molecule has 5 heterocycles. The van der Waals surface area contributed by atoms with Crippen LogP contribution in [0, 0.1) is 17.8 Å². The SMILES string of the molecule is O=C(C1CCC1)N1CCC(C2CC(C3CC4C(CNN4C4COC4)N(C4CCCCCCCCCC4)C3)ON2)CC1. The third-order valence-electron chi connectivity index (χ3n) is 12.3. The van der Waals surface area contributed by atoms with E-state index in [0.29, 0.717) is 60.0 Å². The van der Waals surface area contributed by atoms with Crippen LogP contribution in [-0.2, 0) is 14.4 Å². The van der Waals surface area contributed by atoms with Gasteiger partial charge >= 0.3 is 0 Å². The minimum Gasteiger partial charge on any atom is -0.378 e. The zero-order chi connectivity index (χ0) is 27.6. The summed E-state index contributed by atoms with van der Waals surface area (Å²) < 4.78 is 5.64. The molecule has 8 heteroatoms. The molecule has 7 fully saturated rings. The van der Waals surface area contributed by atoms with E-state index in [1.165, 1.54) is 83.6 Å². The van der Waals surface area contributed by atoms with Gasteiger partial charge in [-0.15, -0.1) is 0 Å². The molecule has 7 aliphatic rings. The number of amides is 1. The number of nitrogens with zero attached hydrogens (tertiary/aromatic N) is 3. The fourth-order valence-corrected chi connectivity index (χ4v) is 9.34. The normalized spacial score (nSPS) is 38.2. The quantitative estimate of drug-likeness (QED) is 0.511. The van der Waals surface area contributed by atoms with Crippen LogP contribution >= 0.6 is 0 Å². The Kier molecular flexibility index (Phi) is 9.52. The number of hydrogen-bond donors (Lipinski definition) is 2. The maximum atomic E-state index is 12.8. The van der Waals surface area contributed by atoms with E-state index in [9.17, 15) is 4.79 Å². The number of nitrogens with one attached hydrogen (secondary N) is 2. The summed E-state index contributed by atoms with van der Waals surface area (Å²) in [5.74, 6) is 1.95. The molecule has 5 aliphatic heterocycles. The van der Waals surface area contributed by atoms with Crippen molar-refractivity contribution < 1.29 is 14.4 Å². The lowest BCUT2D eigenvalue weighted by Crippen LogP contribution is -2.62. The van der Waals surface area contributed by atoms with Crippen LogP contribution in [-0.4, -0.2) is 96.4 Å². The van der Waals surface area contributed by atoms with E-state index in [0.717, 1.165) is 65.0 Å². The molecule has 5 saturated heterocycles. The maximum Gasteiger partial charge on any atom is 0.225 e. The van der Waals surface area contributed by atoms with Gasteiger partial charge < -0.3 is 9.64 Å². The van der Waals surface area contributed by atoms with E-state index in [1.54, 1.807) is 0 Å². The number of fused-ring (bicyclic) bond motifs is 1. The Morgan fingerprint density at radius 1 is 0.707 bits per heavy atom. The average molecular weight is 572 g/mol. The van der Waals surface area contributed by atoms with Gasteiger partial charge in [0.05, 0.1) is 25.4 Å². The highest BCUT2D eigenvalue weighted by atomic mass is 16.7. The van der Waals surface area contributed by atoms with Gasteiger partial charge in [-0.05, 0) is 57.3 Å². The zero-order valence-electron chi connectivity index (χ0n) is 25.5. The van der Waals surface area contributed by atoms with Crippen LogP contribution in [0.4, 0.5) is 0 Å². The molecule has 0 aromatic heterocycles. The molecule has 0 spiro atoms. The predicted molar refractivity (Wildman–Crippen MR) is 160 cm³/mol. The van der Waals surface area contributed by atoms with Crippen molar-refractivity contribution >= 4 is 5.91 Å². The number of hydrazine groups is 1. The van der Waals surface area contributed by atoms with Gasteiger partial charge in [0.25, 0.3) is 0 Å². The average Bonchev–Trinajstić information content (AvgIpc) is 3.57. The van der Waals surface area contributed by atoms with Crippen molar-refractivity contribution in [2.75, 3.05) is 39.4 Å². The van der Waals surface area contributed by atoms with Gasteiger partial charge in [0, 0.05) is 62.2 Å². The van der Waals surface area contributed by atoms with Crippen LogP contribution in [0.1, 0.15) is 109 Å². The fraction of sp³-hybridized carbons (Fsp3) is 0.970. The second-order valence-electron chi connectivity index (χ2n) is 14.8. The van der Waals surface area contributed by atoms with Crippen molar-refractivity contribution in [3.8, 4) is 0 Å². The summed E-state index contributed by atoms with van der Waals surface area (Å²) in [5.41, 5.74) is 7.40. The summed E-state index contributed by atoms with van der Waals surface area (Å²) in [4.78, 5) is 24.4. The Balaban J connectivity index is 0.998. The van der Waals surface area contributed by atoms with Crippen molar-refractivity contribution in [2.24, 2.45) is 17.8 Å². The first kappa shape index (κ1) is 29.0. The standard InChI is InChI=1S/C33H57N5O3/c39-33(25-10-9-11-25)36-16-14-24(15-17-36)29-19-32(41-35-29)26-18-30-31(20-34-38(30)28-22-40-23-28)37(21-26)27-12-7-5-3-1-2-4-6-8-13-27/h24-32,34-35H,1-23H2. The van der Waals surface area contributed by atoms with Crippen LogP contribution in [0.5, 0.6) is 0 Å². The zero-order valence-corrected chi connectivity index (χ0v) is 25.5. The number of ether oxygens (including phenoxy) is 1. The minimum absolute atomic E-state index is 0.293. The largest absolute Gasteiger partial charge is 0.378 e. The molecule has 232 valence electrons. The summed E-state index contributed by atoms with van der Waals surface area (Å²) in [6.45, 7) is 5.90. The number of hydroxylamine groups is 1.